The zero-order valence-electron chi connectivity index (χ0n) is 13.6. The predicted octanol–water partition coefficient (Wildman–Crippen LogP) is 2.59. The number of hydrogen-bond acceptors (Lipinski definition) is 4. The van der Waals surface area contributed by atoms with Gasteiger partial charge in [-0.2, -0.15) is 5.10 Å². The number of aryl methyl sites for hydroxylation is 4. The molecule has 0 aliphatic carbocycles. The van der Waals surface area contributed by atoms with E-state index in [9.17, 15) is 4.79 Å². The zero-order chi connectivity index (χ0) is 15.9. The van der Waals surface area contributed by atoms with Gasteiger partial charge in [0, 0.05) is 23.7 Å². The largest absolute Gasteiger partial charge is 0.340 e. The topological polar surface area (TPSA) is 51.0 Å². The van der Waals surface area contributed by atoms with Crippen molar-refractivity contribution < 1.29 is 4.79 Å². The Hall–Kier alpha value is -1.69. The van der Waals surface area contributed by atoms with Crippen LogP contribution < -0.4 is 0 Å². The molecule has 22 heavy (non-hydrogen) atoms. The standard InChI is InChI=1S/C16H22N4OS/c1-10-7-11(2)20(18-10)14-5-6-19(9-14)16(21)8-15-12(3)22-13(4)17-15/h7,14H,5-6,8-9H2,1-4H3/t14-/m1/s1. The zero-order valence-corrected chi connectivity index (χ0v) is 14.4. The van der Waals surface area contributed by atoms with E-state index in [4.69, 9.17) is 0 Å². The number of likely N-dealkylation sites (tertiary alicyclic amines) is 1. The monoisotopic (exact) mass is 318 g/mol. The van der Waals surface area contributed by atoms with Gasteiger partial charge in [0.15, 0.2) is 0 Å². The molecule has 1 saturated heterocycles. The summed E-state index contributed by atoms with van der Waals surface area (Å²) in [6, 6.07) is 2.39. The van der Waals surface area contributed by atoms with Crippen LogP contribution in [-0.2, 0) is 11.2 Å². The minimum Gasteiger partial charge on any atom is -0.340 e. The van der Waals surface area contributed by atoms with E-state index in [0.29, 0.717) is 12.5 Å². The number of amides is 1. The van der Waals surface area contributed by atoms with Crippen molar-refractivity contribution >= 4 is 17.2 Å². The van der Waals surface area contributed by atoms with Crippen molar-refractivity contribution in [3.63, 3.8) is 0 Å². The Bertz CT molecular complexity index is 703. The van der Waals surface area contributed by atoms with Crippen molar-refractivity contribution in [2.45, 2.75) is 46.6 Å². The summed E-state index contributed by atoms with van der Waals surface area (Å²) in [6.45, 7) is 9.67. The van der Waals surface area contributed by atoms with Crippen LogP contribution in [0.25, 0.3) is 0 Å². The van der Waals surface area contributed by atoms with Crippen molar-refractivity contribution in [1.29, 1.82) is 0 Å². The van der Waals surface area contributed by atoms with Gasteiger partial charge in [-0.1, -0.05) is 0 Å². The van der Waals surface area contributed by atoms with Gasteiger partial charge < -0.3 is 4.90 Å². The highest BCUT2D eigenvalue weighted by atomic mass is 32.1. The van der Waals surface area contributed by atoms with E-state index in [1.165, 1.54) is 5.69 Å². The fourth-order valence-corrected chi connectivity index (χ4v) is 4.01. The lowest BCUT2D eigenvalue weighted by Gasteiger charge is -2.17. The minimum absolute atomic E-state index is 0.178. The van der Waals surface area contributed by atoms with E-state index < -0.39 is 0 Å². The van der Waals surface area contributed by atoms with Crippen molar-refractivity contribution in [2.24, 2.45) is 0 Å². The molecule has 3 heterocycles. The smallest absolute Gasteiger partial charge is 0.228 e. The highest BCUT2D eigenvalue weighted by Crippen LogP contribution is 2.24. The molecule has 0 saturated carbocycles. The molecule has 0 radical (unpaired) electrons. The van der Waals surface area contributed by atoms with E-state index in [0.717, 1.165) is 40.8 Å². The number of hydrogen-bond donors (Lipinski definition) is 0. The maximum absolute atomic E-state index is 12.5. The molecule has 0 aromatic carbocycles. The molecular formula is C16H22N4OS. The van der Waals surface area contributed by atoms with Crippen LogP contribution in [0.1, 0.15) is 39.4 Å². The van der Waals surface area contributed by atoms with Crippen LogP contribution in [0.4, 0.5) is 0 Å². The van der Waals surface area contributed by atoms with Gasteiger partial charge in [0.1, 0.15) is 0 Å². The third-order valence-corrected chi connectivity index (χ3v) is 5.15. The van der Waals surface area contributed by atoms with Crippen LogP contribution in [0.2, 0.25) is 0 Å². The summed E-state index contributed by atoms with van der Waals surface area (Å²) in [5.74, 6) is 0.178. The van der Waals surface area contributed by atoms with Crippen LogP contribution in [0.15, 0.2) is 6.07 Å². The summed E-state index contributed by atoms with van der Waals surface area (Å²) in [6.07, 6.45) is 1.39. The Morgan fingerprint density at radius 1 is 1.36 bits per heavy atom. The Kier molecular flexibility index (Phi) is 4.04. The van der Waals surface area contributed by atoms with Crippen molar-refractivity contribution in [1.82, 2.24) is 19.7 Å². The predicted molar refractivity (Wildman–Crippen MR) is 87.2 cm³/mol. The maximum atomic E-state index is 12.5. The fraction of sp³-hybridized carbons (Fsp3) is 0.562. The number of rotatable bonds is 3. The molecule has 2 aromatic rings. The molecular weight excluding hydrogens is 296 g/mol. The van der Waals surface area contributed by atoms with Crippen LogP contribution in [-0.4, -0.2) is 38.7 Å². The lowest BCUT2D eigenvalue weighted by molar-refractivity contribution is -0.129. The van der Waals surface area contributed by atoms with Crippen molar-refractivity contribution in [2.75, 3.05) is 13.1 Å². The summed E-state index contributed by atoms with van der Waals surface area (Å²) in [4.78, 5) is 20.1. The molecule has 6 heteroatoms. The summed E-state index contributed by atoms with van der Waals surface area (Å²) in [5, 5.41) is 5.59. The number of aromatic nitrogens is 3. The summed E-state index contributed by atoms with van der Waals surface area (Å²) in [7, 11) is 0. The molecule has 1 amide bonds. The first kappa shape index (κ1) is 15.2. The first-order valence-electron chi connectivity index (χ1n) is 7.67. The second kappa shape index (κ2) is 5.83. The quantitative estimate of drug-likeness (QED) is 0.874. The maximum Gasteiger partial charge on any atom is 0.228 e. The first-order chi connectivity index (χ1) is 10.4. The van der Waals surface area contributed by atoms with Gasteiger partial charge in [-0.25, -0.2) is 4.98 Å². The fourth-order valence-electron chi connectivity index (χ4n) is 3.17. The van der Waals surface area contributed by atoms with E-state index in [1.807, 2.05) is 25.7 Å². The molecule has 0 unspecified atom stereocenters. The van der Waals surface area contributed by atoms with Crippen LogP contribution >= 0.6 is 11.3 Å². The van der Waals surface area contributed by atoms with Gasteiger partial charge in [0.05, 0.1) is 28.9 Å². The van der Waals surface area contributed by atoms with Gasteiger partial charge >= 0.3 is 0 Å². The molecule has 5 nitrogen and oxygen atoms in total. The average Bonchev–Trinajstić information content (AvgIpc) is 3.10. The van der Waals surface area contributed by atoms with Crippen LogP contribution in [0.3, 0.4) is 0 Å². The molecule has 1 aliphatic rings. The summed E-state index contributed by atoms with van der Waals surface area (Å²) in [5.41, 5.74) is 3.14. The van der Waals surface area contributed by atoms with Gasteiger partial charge in [0.25, 0.3) is 0 Å². The minimum atomic E-state index is 0.178. The molecule has 3 rings (SSSR count). The van der Waals surface area contributed by atoms with Crippen molar-refractivity contribution in [3.8, 4) is 0 Å². The van der Waals surface area contributed by atoms with Gasteiger partial charge in [-0.15, -0.1) is 11.3 Å². The molecule has 1 atom stereocenters. The lowest BCUT2D eigenvalue weighted by atomic mass is 10.2. The summed E-state index contributed by atoms with van der Waals surface area (Å²) < 4.78 is 2.07. The molecule has 0 bridgehead atoms. The molecule has 2 aromatic heterocycles. The van der Waals surface area contributed by atoms with E-state index in [2.05, 4.69) is 27.8 Å². The molecule has 0 N–H and O–H groups in total. The Morgan fingerprint density at radius 2 is 2.14 bits per heavy atom. The van der Waals surface area contributed by atoms with Crippen LogP contribution in [0, 0.1) is 27.7 Å². The Balaban J connectivity index is 1.66. The van der Waals surface area contributed by atoms with E-state index in [-0.39, 0.29) is 5.91 Å². The Morgan fingerprint density at radius 3 is 2.73 bits per heavy atom. The SMILES string of the molecule is Cc1cc(C)n([C@@H]2CCN(C(=O)Cc3nc(C)sc3C)C2)n1. The molecule has 118 valence electrons. The first-order valence-corrected chi connectivity index (χ1v) is 8.49. The second-order valence-corrected chi connectivity index (χ2v) is 7.47. The normalized spacial score (nSPS) is 18.2. The average molecular weight is 318 g/mol. The molecule has 1 aliphatic heterocycles. The van der Waals surface area contributed by atoms with E-state index in [1.54, 1.807) is 11.3 Å². The number of carbonyl (C=O) groups excluding carboxylic acids is 1. The molecule has 1 fully saturated rings. The summed E-state index contributed by atoms with van der Waals surface area (Å²) >= 11 is 1.66. The second-order valence-electron chi connectivity index (χ2n) is 6.07. The highest BCUT2D eigenvalue weighted by molar-refractivity contribution is 7.11. The van der Waals surface area contributed by atoms with Crippen molar-refractivity contribution in [3.05, 3.63) is 33.0 Å². The van der Waals surface area contributed by atoms with Crippen LogP contribution in [0.5, 0.6) is 0 Å². The number of carbonyl (C=O) groups is 1. The van der Waals surface area contributed by atoms with Gasteiger partial charge in [-0.3, -0.25) is 9.48 Å². The van der Waals surface area contributed by atoms with E-state index >= 15 is 0 Å². The van der Waals surface area contributed by atoms with Gasteiger partial charge in [-0.05, 0) is 40.2 Å². The van der Waals surface area contributed by atoms with Gasteiger partial charge in [0.2, 0.25) is 5.91 Å². The third-order valence-electron chi connectivity index (χ3n) is 4.22. The lowest BCUT2D eigenvalue weighted by Crippen LogP contribution is -2.31. The number of thiazole rings is 1. The molecule has 0 spiro atoms. The Labute approximate surface area is 135 Å². The highest BCUT2D eigenvalue weighted by Gasteiger charge is 2.29. The number of nitrogens with zero attached hydrogens (tertiary/aromatic N) is 4. The third kappa shape index (κ3) is 2.92.